The molecule has 0 aromatic rings. The smallest absolute Gasteiger partial charge is 0.0176 e. The molecule has 1 nitrogen and oxygen atoms in total. The molecule has 0 aliphatic rings. The molecular formula is C12H27N. The molecule has 0 saturated heterocycles. The Kier molecular flexibility index (Phi) is 6.40. The Bertz CT molecular complexity index is 110. The van der Waals surface area contributed by atoms with E-state index in [-0.39, 0.29) is 0 Å². The van der Waals surface area contributed by atoms with E-state index in [1.807, 2.05) is 0 Å². The average molecular weight is 185 g/mol. The molecule has 13 heavy (non-hydrogen) atoms. The molecule has 0 spiro atoms. The quantitative estimate of drug-likeness (QED) is 0.585. The second-order valence-corrected chi connectivity index (χ2v) is 4.19. The van der Waals surface area contributed by atoms with Gasteiger partial charge in [-0.15, -0.1) is 0 Å². The highest BCUT2D eigenvalue weighted by molar-refractivity contribution is 4.83. The number of hydrogen-bond acceptors (Lipinski definition) is 1. The van der Waals surface area contributed by atoms with E-state index < -0.39 is 0 Å². The highest BCUT2D eigenvalue weighted by atomic mass is 15.2. The zero-order valence-electron chi connectivity index (χ0n) is 10.2. The zero-order valence-corrected chi connectivity index (χ0v) is 10.2. The second-order valence-electron chi connectivity index (χ2n) is 4.19. The van der Waals surface area contributed by atoms with Crippen molar-refractivity contribution in [3.05, 3.63) is 0 Å². The lowest BCUT2D eigenvalue weighted by Crippen LogP contribution is -2.46. The van der Waals surface area contributed by atoms with Crippen LogP contribution in [-0.2, 0) is 0 Å². The Balaban J connectivity index is 4.28. The summed E-state index contributed by atoms with van der Waals surface area (Å²) in [6, 6.07) is 0. The van der Waals surface area contributed by atoms with Gasteiger partial charge in [-0.25, -0.2) is 0 Å². The normalized spacial score (nSPS) is 12.5. The Morgan fingerprint density at radius 2 is 1.23 bits per heavy atom. The van der Waals surface area contributed by atoms with Gasteiger partial charge in [0.05, 0.1) is 0 Å². The van der Waals surface area contributed by atoms with Crippen LogP contribution >= 0.6 is 0 Å². The monoisotopic (exact) mass is 185 g/mol. The maximum Gasteiger partial charge on any atom is 0.0176 e. The predicted molar refractivity (Wildman–Crippen MR) is 61.1 cm³/mol. The maximum absolute atomic E-state index is 2.66. The van der Waals surface area contributed by atoms with E-state index in [2.05, 4.69) is 39.5 Å². The lowest BCUT2D eigenvalue weighted by molar-refractivity contribution is 0.0944. The third-order valence-corrected chi connectivity index (χ3v) is 3.27. The van der Waals surface area contributed by atoms with Crippen LogP contribution in [0.3, 0.4) is 0 Å². The first kappa shape index (κ1) is 13.0. The van der Waals surface area contributed by atoms with Gasteiger partial charge in [0.15, 0.2) is 0 Å². The van der Waals surface area contributed by atoms with Crippen molar-refractivity contribution in [2.24, 2.45) is 0 Å². The first-order valence-corrected chi connectivity index (χ1v) is 5.89. The minimum absolute atomic E-state index is 0.437. The molecule has 0 aromatic carbocycles. The van der Waals surface area contributed by atoms with Gasteiger partial charge in [-0.05, 0) is 45.7 Å². The van der Waals surface area contributed by atoms with Crippen LogP contribution in [0.25, 0.3) is 0 Å². The molecule has 0 bridgehead atoms. The molecule has 80 valence electrons. The van der Waals surface area contributed by atoms with Crippen LogP contribution < -0.4 is 0 Å². The van der Waals surface area contributed by atoms with Gasteiger partial charge < -0.3 is 0 Å². The molecule has 0 saturated carbocycles. The standard InChI is InChI=1S/C12H27N/c1-6-10-13(11-7-2)12(5,8-3)9-4/h6-11H2,1-5H3. The van der Waals surface area contributed by atoms with Gasteiger partial charge in [-0.2, -0.15) is 0 Å². The topological polar surface area (TPSA) is 3.24 Å². The largest absolute Gasteiger partial charge is 0.298 e. The van der Waals surface area contributed by atoms with Crippen molar-refractivity contribution in [2.45, 2.75) is 65.8 Å². The third-order valence-electron chi connectivity index (χ3n) is 3.27. The first-order chi connectivity index (χ1) is 6.14. The highest BCUT2D eigenvalue weighted by Gasteiger charge is 2.26. The van der Waals surface area contributed by atoms with Crippen molar-refractivity contribution in [3.63, 3.8) is 0 Å². The average Bonchev–Trinajstić information content (AvgIpc) is 2.16. The SMILES string of the molecule is CCCN(CCC)C(C)(CC)CC. The van der Waals surface area contributed by atoms with Crippen molar-refractivity contribution in [3.8, 4) is 0 Å². The molecule has 0 fully saturated rings. The van der Waals surface area contributed by atoms with Crippen molar-refractivity contribution in [1.29, 1.82) is 0 Å². The fourth-order valence-corrected chi connectivity index (χ4v) is 1.89. The molecule has 1 heteroatoms. The van der Waals surface area contributed by atoms with Crippen LogP contribution in [0.15, 0.2) is 0 Å². The lowest BCUT2D eigenvalue weighted by atomic mass is 9.92. The summed E-state index contributed by atoms with van der Waals surface area (Å²) in [5.74, 6) is 0. The molecule has 0 aromatic heterocycles. The molecule has 0 aliphatic carbocycles. The van der Waals surface area contributed by atoms with Crippen molar-refractivity contribution >= 4 is 0 Å². The van der Waals surface area contributed by atoms with E-state index >= 15 is 0 Å². The summed E-state index contributed by atoms with van der Waals surface area (Å²) in [6.07, 6.45) is 5.08. The Labute approximate surface area is 84.5 Å². The van der Waals surface area contributed by atoms with Gasteiger partial charge >= 0.3 is 0 Å². The molecule has 0 aliphatic heterocycles. The Morgan fingerprint density at radius 3 is 1.46 bits per heavy atom. The van der Waals surface area contributed by atoms with Crippen LogP contribution in [0.5, 0.6) is 0 Å². The van der Waals surface area contributed by atoms with E-state index in [1.165, 1.54) is 38.8 Å². The van der Waals surface area contributed by atoms with Crippen LogP contribution in [0, 0.1) is 0 Å². The fourth-order valence-electron chi connectivity index (χ4n) is 1.89. The van der Waals surface area contributed by atoms with E-state index in [9.17, 15) is 0 Å². The Hall–Kier alpha value is -0.0400. The summed E-state index contributed by atoms with van der Waals surface area (Å²) in [4.78, 5) is 2.66. The van der Waals surface area contributed by atoms with Crippen molar-refractivity contribution < 1.29 is 0 Å². The molecule has 0 radical (unpaired) electrons. The zero-order chi connectivity index (χ0) is 10.3. The van der Waals surface area contributed by atoms with Crippen LogP contribution in [0.1, 0.15) is 60.3 Å². The summed E-state index contributed by atoms with van der Waals surface area (Å²) in [5.41, 5.74) is 0.437. The van der Waals surface area contributed by atoms with Crippen molar-refractivity contribution in [2.75, 3.05) is 13.1 Å². The molecule has 0 heterocycles. The Morgan fingerprint density at radius 1 is 0.846 bits per heavy atom. The highest BCUT2D eigenvalue weighted by Crippen LogP contribution is 2.23. The van der Waals surface area contributed by atoms with E-state index in [0.29, 0.717) is 5.54 Å². The molecule has 0 rings (SSSR count). The van der Waals surface area contributed by atoms with Crippen LogP contribution in [0.2, 0.25) is 0 Å². The lowest BCUT2D eigenvalue weighted by Gasteiger charge is -2.40. The van der Waals surface area contributed by atoms with Gasteiger partial charge in [0.25, 0.3) is 0 Å². The maximum atomic E-state index is 2.66. The summed E-state index contributed by atoms with van der Waals surface area (Å²) in [6.45, 7) is 14.1. The van der Waals surface area contributed by atoms with Crippen molar-refractivity contribution in [1.82, 2.24) is 4.90 Å². The van der Waals surface area contributed by atoms with Gasteiger partial charge in [0.1, 0.15) is 0 Å². The molecule has 0 N–H and O–H groups in total. The van der Waals surface area contributed by atoms with Gasteiger partial charge in [-0.3, -0.25) is 4.90 Å². The number of nitrogens with zero attached hydrogens (tertiary/aromatic N) is 1. The van der Waals surface area contributed by atoms with Crippen LogP contribution in [0.4, 0.5) is 0 Å². The van der Waals surface area contributed by atoms with E-state index in [0.717, 1.165) is 0 Å². The van der Waals surface area contributed by atoms with Crippen LogP contribution in [-0.4, -0.2) is 23.5 Å². The molecule has 0 unspecified atom stereocenters. The first-order valence-electron chi connectivity index (χ1n) is 5.89. The minimum Gasteiger partial charge on any atom is -0.298 e. The molecule has 0 atom stereocenters. The summed E-state index contributed by atoms with van der Waals surface area (Å²) in [5, 5.41) is 0. The molecule has 0 amide bonds. The second kappa shape index (κ2) is 6.42. The number of rotatable bonds is 7. The molecular weight excluding hydrogens is 158 g/mol. The van der Waals surface area contributed by atoms with E-state index in [1.54, 1.807) is 0 Å². The predicted octanol–water partition coefficient (Wildman–Crippen LogP) is 3.69. The van der Waals surface area contributed by atoms with Gasteiger partial charge in [0.2, 0.25) is 0 Å². The fraction of sp³-hybridized carbons (Fsp3) is 1.00. The van der Waals surface area contributed by atoms with Gasteiger partial charge in [0, 0.05) is 5.54 Å². The summed E-state index contributed by atoms with van der Waals surface area (Å²) < 4.78 is 0. The summed E-state index contributed by atoms with van der Waals surface area (Å²) >= 11 is 0. The van der Waals surface area contributed by atoms with Gasteiger partial charge in [-0.1, -0.05) is 27.7 Å². The van der Waals surface area contributed by atoms with E-state index in [4.69, 9.17) is 0 Å². The number of hydrogen-bond donors (Lipinski definition) is 0. The third kappa shape index (κ3) is 3.68. The minimum atomic E-state index is 0.437. The summed E-state index contributed by atoms with van der Waals surface area (Å²) in [7, 11) is 0.